The summed E-state index contributed by atoms with van der Waals surface area (Å²) in [5.74, 6) is 1.51. The van der Waals surface area contributed by atoms with Crippen LogP contribution in [0.3, 0.4) is 0 Å². The average Bonchev–Trinajstić information content (AvgIpc) is 2.52. The van der Waals surface area contributed by atoms with E-state index in [1.807, 2.05) is 30.3 Å². The number of halogens is 1. The number of carbonyl (C=O) groups excluding carboxylic acids is 1. The molecule has 0 aliphatic carbocycles. The Morgan fingerprint density at radius 3 is 2.00 bits per heavy atom. The van der Waals surface area contributed by atoms with Gasteiger partial charge in [-0.05, 0) is 44.2 Å². The summed E-state index contributed by atoms with van der Waals surface area (Å²) in [6, 6.07) is 10.3. The van der Waals surface area contributed by atoms with E-state index < -0.39 is 10.2 Å². The number of amides is 1. The maximum Gasteiger partial charge on any atom is 0.253 e. The second kappa shape index (κ2) is 8.44. The lowest BCUT2D eigenvalue weighted by molar-refractivity contribution is -1.92. The summed E-state index contributed by atoms with van der Waals surface area (Å²) >= 11 is 0. The number of likely N-dealkylation sites (tertiary alicyclic amines) is 2. The number of hydrogen-bond acceptors (Lipinski definition) is 6. The van der Waals surface area contributed by atoms with Gasteiger partial charge >= 0.3 is 0 Å². The van der Waals surface area contributed by atoms with Gasteiger partial charge < -0.3 is 9.80 Å². The molecule has 140 valence electrons. The monoisotopic (exact) mass is 372 g/mol. The minimum atomic E-state index is -4.69. The standard InChI is InChI=1S/C17H24N2O.ClHO4/c1-13(2)18-9-14-8-15(10-18)12-19(11-14)17(20)16-6-4-3-5-7-16;2-1(3,4)5/h3-7,13-15H,8-12H2,1-2H3;(H,2,3,4,5). The van der Waals surface area contributed by atoms with E-state index in [4.69, 9.17) is 18.6 Å². The van der Waals surface area contributed by atoms with Crippen LogP contribution in [0.15, 0.2) is 30.3 Å². The van der Waals surface area contributed by atoms with Gasteiger partial charge in [0.25, 0.3) is 5.91 Å². The third kappa shape index (κ3) is 6.54. The molecular weight excluding hydrogens is 348 g/mol. The zero-order valence-electron chi connectivity index (χ0n) is 14.5. The summed E-state index contributed by atoms with van der Waals surface area (Å²) in [6.45, 7) is 8.68. The molecule has 2 aliphatic rings. The van der Waals surface area contributed by atoms with Crippen molar-refractivity contribution in [3.63, 3.8) is 0 Å². The van der Waals surface area contributed by atoms with Crippen LogP contribution in [0.2, 0.25) is 0 Å². The molecule has 0 saturated carbocycles. The molecular formula is C17H25ClN2O5. The first-order valence-electron chi connectivity index (χ1n) is 8.35. The number of nitrogens with zero attached hydrogens (tertiary/aromatic N) is 2. The number of benzene rings is 1. The number of carbonyl (C=O) groups is 1. The normalized spacial score (nSPS) is 23.9. The molecule has 1 aromatic carbocycles. The Balaban J connectivity index is 0.000000399. The lowest BCUT2D eigenvalue weighted by Crippen LogP contribution is -2.58. The van der Waals surface area contributed by atoms with Gasteiger partial charge in [-0.15, -0.1) is 0 Å². The Morgan fingerprint density at radius 2 is 1.56 bits per heavy atom. The van der Waals surface area contributed by atoms with Crippen molar-refractivity contribution in [2.24, 2.45) is 11.8 Å². The van der Waals surface area contributed by atoms with Crippen LogP contribution in [0.25, 0.3) is 0 Å². The molecule has 2 unspecified atom stereocenters. The van der Waals surface area contributed by atoms with E-state index in [1.165, 1.54) is 6.42 Å². The maximum absolute atomic E-state index is 12.6. The van der Waals surface area contributed by atoms with Gasteiger partial charge in [-0.25, -0.2) is 0 Å². The first-order valence-corrected chi connectivity index (χ1v) is 9.61. The van der Waals surface area contributed by atoms with Gasteiger partial charge in [0.2, 0.25) is 0 Å². The molecule has 3 rings (SSSR count). The van der Waals surface area contributed by atoms with E-state index >= 15 is 0 Å². The number of hydrogen-bond donors (Lipinski definition) is 1. The van der Waals surface area contributed by atoms with Crippen LogP contribution in [0, 0.1) is 22.1 Å². The van der Waals surface area contributed by atoms with Crippen LogP contribution in [-0.4, -0.2) is 52.6 Å². The third-order valence-corrected chi connectivity index (χ3v) is 4.65. The molecule has 1 N–H and O–H groups in total. The van der Waals surface area contributed by atoms with Crippen LogP contribution < -0.4 is 14.0 Å². The SMILES string of the molecule is CC(C)N1CC2CC(CN(C(=O)c3ccccc3)C2)C1.[O-][Cl+3]([O-])([O-])O. The minimum Gasteiger partial charge on any atom is -0.338 e. The van der Waals surface area contributed by atoms with Gasteiger partial charge in [-0.1, -0.05) is 18.2 Å². The quantitative estimate of drug-likeness (QED) is 0.666. The smallest absolute Gasteiger partial charge is 0.253 e. The molecule has 2 aliphatic heterocycles. The fourth-order valence-electron chi connectivity index (χ4n) is 3.67. The number of rotatable bonds is 2. The van der Waals surface area contributed by atoms with Crippen molar-refractivity contribution in [2.45, 2.75) is 26.3 Å². The molecule has 0 aromatic heterocycles. The Kier molecular flexibility index (Phi) is 6.79. The van der Waals surface area contributed by atoms with Crippen LogP contribution in [0.1, 0.15) is 30.6 Å². The second-order valence-corrected chi connectivity index (χ2v) is 7.78. The van der Waals surface area contributed by atoms with Crippen molar-refractivity contribution in [3.05, 3.63) is 35.9 Å². The summed E-state index contributed by atoms with van der Waals surface area (Å²) < 4.78 is 32.7. The van der Waals surface area contributed by atoms with Crippen molar-refractivity contribution >= 4 is 5.91 Å². The van der Waals surface area contributed by atoms with Gasteiger partial charge in [-0.2, -0.15) is 14.0 Å². The summed E-state index contributed by atoms with van der Waals surface area (Å²) in [5.41, 5.74) is 0.827. The Bertz CT molecular complexity index is 544. The summed E-state index contributed by atoms with van der Waals surface area (Å²) in [4.78, 5) is 17.2. The van der Waals surface area contributed by atoms with Crippen LogP contribution in [0.4, 0.5) is 0 Å². The van der Waals surface area contributed by atoms with Gasteiger partial charge in [-0.3, -0.25) is 4.79 Å². The molecule has 0 radical (unpaired) electrons. The van der Waals surface area contributed by atoms with E-state index in [-0.39, 0.29) is 5.91 Å². The highest BCUT2D eigenvalue weighted by Gasteiger charge is 2.36. The largest absolute Gasteiger partial charge is 0.338 e. The van der Waals surface area contributed by atoms with Gasteiger partial charge in [0, 0.05) is 37.8 Å². The Morgan fingerprint density at radius 1 is 1.08 bits per heavy atom. The fraction of sp³-hybridized carbons (Fsp3) is 0.588. The zero-order valence-corrected chi connectivity index (χ0v) is 15.3. The van der Waals surface area contributed by atoms with Gasteiger partial charge in [0.15, 0.2) is 0 Å². The molecule has 0 spiro atoms. The minimum absolute atomic E-state index is 0.207. The van der Waals surface area contributed by atoms with Crippen LogP contribution >= 0.6 is 0 Å². The Labute approximate surface area is 150 Å². The molecule has 2 saturated heterocycles. The molecule has 25 heavy (non-hydrogen) atoms. The van der Waals surface area contributed by atoms with E-state index in [2.05, 4.69) is 23.6 Å². The molecule has 2 bridgehead atoms. The van der Waals surface area contributed by atoms with Crippen molar-refractivity contribution in [2.75, 3.05) is 26.2 Å². The number of piperidine rings is 2. The molecule has 2 fully saturated rings. The van der Waals surface area contributed by atoms with Gasteiger partial charge in [0.05, 0.1) is 14.9 Å². The summed E-state index contributed by atoms with van der Waals surface area (Å²) in [6.07, 6.45) is 1.29. The second-order valence-electron chi connectivity index (χ2n) is 6.99. The van der Waals surface area contributed by atoms with Crippen LogP contribution in [-0.2, 0) is 0 Å². The highest BCUT2D eigenvalue weighted by atomic mass is 35.7. The summed E-state index contributed by atoms with van der Waals surface area (Å²) in [7, 11) is -4.69. The highest BCUT2D eigenvalue weighted by molar-refractivity contribution is 5.94. The molecule has 8 heteroatoms. The highest BCUT2D eigenvalue weighted by Crippen LogP contribution is 2.30. The van der Waals surface area contributed by atoms with E-state index in [1.54, 1.807) is 0 Å². The van der Waals surface area contributed by atoms with Crippen molar-refractivity contribution in [1.29, 1.82) is 0 Å². The Hall–Kier alpha value is -1.22. The molecule has 2 atom stereocenters. The first kappa shape index (κ1) is 20.1. The van der Waals surface area contributed by atoms with Crippen LogP contribution in [0.5, 0.6) is 0 Å². The van der Waals surface area contributed by atoms with E-state index in [9.17, 15) is 4.79 Å². The van der Waals surface area contributed by atoms with Gasteiger partial charge in [0.1, 0.15) is 0 Å². The molecule has 7 nitrogen and oxygen atoms in total. The van der Waals surface area contributed by atoms with E-state index in [0.717, 1.165) is 31.7 Å². The average molecular weight is 373 g/mol. The maximum atomic E-state index is 12.6. The zero-order chi connectivity index (χ0) is 18.6. The predicted octanol–water partition coefficient (Wildman–Crippen LogP) is -1.64. The van der Waals surface area contributed by atoms with E-state index in [0.29, 0.717) is 17.9 Å². The molecule has 2 heterocycles. The number of fused-ring (bicyclic) bond motifs is 2. The lowest BCUT2D eigenvalue weighted by atomic mass is 9.84. The topological polar surface area (TPSA) is 113 Å². The predicted molar refractivity (Wildman–Crippen MR) is 82.9 cm³/mol. The summed E-state index contributed by atoms with van der Waals surface area (Å²) in [5, 5.41) is 0. The lowest BCUT2D eigenvalue weighted by Gasteiger charge is -2.47. The fourth-order valence-corrected chi connectivity index (χ4v) is 3.67. The van der Waals surface area contributed by atoms with Crippen molar-refractivity contribution < 1.29 is 33.7 Å². The first-order chi connectivity index (χ1) is 11.6. The van der Waals surface area contributed by atoms with Crippen molar-refractivity contribution in [1.82, 2.24) is 9.80 Å². The molecule has 1 aromatic rings. The third-order valence-electron chi connectivity index (χ3n) is 4.65. The van der Waals surface area contributed by atoms with Crippen molar-refractivity contribution in [3.8, 4) is 0 Å². The molecule has 1 amide bonds.